The molecule has 0 spiro atoms. The molecular formula is C8H7Br3O3S. The van der Waals surface area contributed by atoms with Crippen molar-refractivity contribution >= 4 is 57.9 Å². The Bertz CT molecular complexity index is 411. The molecule has 1 aromatic carbocycles. The van der Waals surface area contributed by atoms with Crippen LogP contribution < -0.4 is 0 Å². The van der Waals surface area contributed by atoms with E-state index in [4.69, 9.17) is 4.18 Å². The van der Waals surface area contributed by atoms with Crippen LogP contribution in [0, 0.1) is 0 Å². The van der Waals surface area contributed by atoms with Gasteiger partial charge in [0.2, 0.25) is 0 Å². The third-order valence-corrected chi connectivity index (χ3v) is 3.37. The number of rotatable bonds is 3. The van der Waals surface area contributed by atoms with Gasteiger partial charge in [0.15, 0.2) is 2.14 Å². The van der Waals surface area contributed by atoms with Gasteiger partial charge in [-0.1, -0.05) is 66.0 Å². The smallest absolute Gasteiger partial charge is 0.263 e. The summed E-state index contributed by atoms with van der Waals surface area (Å²) in [5.41, 5.74) is 0. The van der Waals surface area contributed by atoms with E-state index >= 15 is 0 Å². The average molecular weight is 423 g/mol. The maximum absolute atomic E-state index is 11.6. The molecule has 0 bridgehead atoms. The number of alkyl halides is 3. The average Bonchev–Trinajstić information content (AvgIpc) is 2.16. The van der Waals surface area contributed by atoms with E-state index in [1.807, 2.05) is 0 Å². The Kier molecular flexibility index (Phi) is 4.79. The van der Waals surface area contributed by atoms with Crippen molar-refractivity contribution < 1.29 is 12.6 Å². The molecule has 0 heterocycles. The second-order valence-corrected chi connectivity index (χ2v) is 11.5. The van der Waals surface area contributed by atoms with E-state index in [1.54, 1.807) is 18.2 Å². The van der Waals surface area contributed by atoms with Crippen molar-refractivity contribution in [3.8, 4) is 0 Å². The van der Waals surface area contributed by atoms with E-state index < -0.39 is 12.3 Å². The molecule has 7 heteroatoms. The fraction of sp³-hybridized carbons (Fsp3) is 0.250. The highest BCUT2D eigenvalue weighted by molar-refractivity contribution is 9.39. The molecule has 0 saturated carbocycles. The second kappa shape index (κ2) is 5.27. The summed E-state index contributed by atoms with van der Waals surface area (Å²) in [5.74, 6) is 0. The third-order valence-electron chi connectivity index (χ3n) is 1.41. The van der Waals surface area contributed by atoms with Gasteiger partial charge >= 0.3 is 0 Å². The van der Waals surface area contributed by atoms with Gasteiger partial charge in [0.25, 0.3) is 10.1 Å². The van der Waals surface area contributed by atoms with Crippen LogP contribution >= 0.6 is 47.8 Å². The lowest BCUT2D eigenvalue weighted by molar-refractivity contribution is 0.333. The van der Waals surface area contributed by atoms with Gasteiger partial charge in [-0.25, -0.2) is 0 Å². The van der Waals surface area contributed by atoms with E-state index in [-0.39, 0.29) is 11.5 Å². The van der Waals surface area contributed by atoms with Crippen LogP contribution in [0.5, 0.6) is 0 Å². The van der Waals surface area contributed by atoms with Crippen molar-refractivity contribution in [3.63, 3.8) is 0 Å². The molecule has 84 valence electrons. The standard InChI is InChI=1S/C8H7Br3O3S/c9-8(10,11)6-14-15(12,13)7-4-2-1-3-5-7/h1-5H,6H2. The lowest BCUT2D eigenvalue weighted by Gasteiger charge is -2.12. The molecule has 0 aromatic heterocycles. The molecule has 0 radical (unpaired) electrons. The molecule has 3 nitrogen and oxygen atoms in total. The summed E-state index contributed by atoms with van der Waals surface area (Å²) in [7, 11) is -3.68. The summed E-state index contributed by atoms with van der Waals surface area (Å²) in [6.07, 6.45) is 0. The monoisotopic (exact) mass is 420 g/mol. The van der Waals surface area contributed by atoms with E-state index in [9.17, 15) is 8.42 Å². The summed E-state index contributed by atoms with van der Waals surface area (Å²) in [4.78, 5) is 0.141. The number of hydrogen-bond donors (Lipinski definition) is 0. The van der Waals surface area contributed by atoms with Gasteiger partial charge < -0.3 is 0 Å². The van der Waals surface area contributed by atoms with E-state index in [1.165, 1.54) is 12.1 Å². The Hall–Kier alpha value is 0.570. The van der Waals surface area contributed by atoms with Crippen molar-refractivity contribution in [3.05, 3.63) is 30.3 Å². The first-order valence-electron chi connectivity index (χ1n) is 3.82. The fourth-order valence-corrected chi connectivity index (χ4v) is 2.56. The van der Waals surface area contributed by atoms with Crippen molar-refractivity contribution in [1.82, 2.24) is 0 Å². The van der Waals surface area contributed by atoms with Crippen molar-refractivity contribution in [2.45, 2.75) is 7.04 Å². The minimum Gasteiger partial charge on any atom is -0.263 e. The van der Waals surface area contributed by atoms with E-state index in [0.717, 1.165) is 0 Å². The summed E-state index contributed by atoms with van der Waals surface area (Å²) in [5, 5.41) is 0. The van der Waals surface area contributed by atoms with Gasteiger partial charge in [0, 0.05) is 0 Å². The van der Waals surface area contributed by atoms with Gasteiger partial charge in [-0.05, 0) is 12.1 Å². The Morgan fingerprint density at radius 1 is 1.13 bits per heavy atom. The SMILES string of the molecule is O=S(=O)(OCC(Br)(Br)Br)c1ccccc1. The van der Waals surface area contributed by atoms with Gasteiger partial charge in [-0.3, -0.25) is 4.18 Å². The zero-order valence-corrected chi connectivity index (χ0v) is 12.9. The van der Waals surface area contributed by atoms with Gasteiger partial charge in [0.1, 0.15) is 6.61 Å². The lowest BCUT2D eigenvalue weighted by atomic mass is 10.4. The minimum atomic E-state index is -3.68. The van der Waals surface area contributed by atoms with Crippen LogP contribution in [0.2, 0.25) is 0 Å². The highest BCUT2D eigenvalue weighted by Gasteiger charge is 2.23. The van der Waals surface area contributed by atoms with Crippen molar-refractivity contribution in [1.29, 1.82) is 0 Å². The number of benzene rings is 1. The van der Waals surface area contributed by atoms with Gasteiger partial charge in [-0.2, -0.15) is 8.42 Å². The summed E-state index contributed by atoms with van der Waals surface area (Å²) in [6.45, 7) is -0.0653. The molecule has 0 unspecified atom stereocenters. The number of halogens is 3. The quantitative estimate of drug-likeness (QED) is 0.555. The molecule has 0 aliphatic carbocycles. The highest BCUT2D eigenvalue weighted by atomic mass is 80.0. The highest BCUT2D eigenvalue weighted by Crippen LogP contribution is 2.34. The van der Waals surface area contributed by atoms with E-state index in [0.29, 0.717) is 0 Å². The van der Waals surface area contributed by atoms with Crippen LogP contribution in [0.1, 0.15) is 0 Å². The lowest BCUT2D eigenvalue weighted by Crippen LogP contribution is -2.16. The fourth-order valence-electron chi connectivity index (χ4n) is 0.800. The summed E-state index contributed by atoms with van der Waals surface area (Å²) in [6, 6.07) is 7.98. The Labute approximate surface area is 114 Å². The number of hydrogen-bond acceptors (Lipinski definition) is 3. The summed E-state index contributed by atoms with van der Waals surface area (Å²) >= 11 is 9.44. The van der Waals surface area contributed by atoms with Crippen molar-refractivity contribution in [2.24, 2.45) is 0 Å². The molecule has 1 aromatic rings. The molecular weight excluding hydrogens is 416 g/mol. The largest absolute Gasteiger partial charge is 0.297 e. The van der Waals surface area contributed by atoms with E-state index in [2.05, 4.69) is 47.8 Å². The van der Waals surface area contributed by atoms with Crippen LogP contribution in [0.3, 0.4) is 0 Å². The van der Waals surface area contributed by atoms with Crippen LogP contribution in [-0.4, -0.2) is 17.2 Å². The molecule has 1 rings (SSSR count). The van der Waals surface area contributed by atoms with Crippen molar-refractivity contribution in [2.75, 3.05) is 6.61 Å². The Balaban J connectivity index is 2.78. The first kappa shape index (κ1) is 13.6. The third kappa shape index (κ3) is 4.95. The molecule has 15 heavy (non-hydrogen) atoms. The molecule has 0 aliphatic heterocycles. The van der Waals surface area contributed by atoms with Gasteiger partial charge in [0.05, 0.1) is 4.90 Å². The zero-order chi connectivity index (χ0) is 11.5. The Morgan fingerprint density at radius 3 is 2.13 bits per heavy atom. The molecule has 0 N–H and O–H groups in total. The predicted molar refractivity (Wildman–Crippen MR) is 69.1 cm³/mol. The topological polar surface area (TPSA) is 43.4 Å². The van der Waals surface area contributed by atoms with Crippen LogP contribution in [0.4, 0.5) is 0 Å². The predicted octanol–water partition coefficient (Wildman–Crippen LogP) is 3.23. The molecule has 0 fully saturated rings. The molecule has 0 aliphatic rings. The first-order valence-corrected chi connectivity index (χ1v) is 7.61. The van der Waals surface area contributed by atoms with Crippen LogP contribution in [0.15, 0.2) is 35.2 Å². The molecule has 0 atom stereocenters. The summed E-state index contributed by atoms with van der Waals surface area (Å²) < 4.78 is 27.3. The molecule has 0 amide bonds. The zero-order valence-electron chi connectivity index (χ0n) is 7.36. The normalized spacial score (nSPS) is 12.7. The second-order valence-electron chi connectivity index (χ2n) is 2.64. The van der Waals surface area contributed by atoms with Crippen LogP contribution in [-0.2, 0) is 14.3 Å². The Morgan fingerprint density at radius 2 is 1.67 bits per heavy atom. The maximum atomic E-state index is 11.6. The first-order chi connectivity index (χ1) is 6.81. The molecule has 0 saturated heterocycles. The minimum absolute atomic E-state index is 0.0653. The maximum Gasteiger partial charge on any atom is 0.297 e. The van der Waals surface area contributed by atoms with Gasteiger partial charge in [-0.15, -0.1) is 0 Å². The van der Waals surface area contributed by atoms with Crippen LogP contribution in [0.25, 0.3) is 0 Å².